The normalized spacial score (nSPS) is 17.2. The number of hydrogen-bond donors (Lipinski definition) is 0. The average Bonchev–Trinajstić information content (AvgIpc) is 2.69. The van der Waals surface area contributed by atoms with Crippen molar-refractivity contribution in [1.29, 1.82) is 0 Å². The third-order valence-electron chi connectivity index (χ3n) is 2.80. The minimum atomic E-state index is -0.390. The molecule has 0 bridgehead atoms. The van der Waals surface area contributed by atoms with E-state index in [1.54, 1.807) is 6.92 Å². The molecular weight excluding hydrogens is 224 g/mol. The lowest BCUT2D eigenvalue weighted by Crippen LogP contribution is -2.38. The first-order valence-corrected chi connectivity index (χ1v) is 5.66. The van der Waals surface area contributed by atoms with Gasteiger partial charge in [0.25, 0.3) is 0 Å². The molecule has 0 N–H and O–H groups in total. The molecular formula is C10H16N4O3. The van der Waals surface area contributed by atoms with Crippen LogP contribution in [0.5, 0.6) is 0 Å². The van der Waals surface area contributed by atoms with Crippen LogP contribution in [0.25, 0.3) is 0 Å². The molecule has 0 aromatic carbocycles. The Bertz CT molecular complexity index is 398. The summed E-state index contributed by atoms with van der Waals surface area (Å²) in [6, 6.07) is 1.50. The highest BCUT2D eigenvalue weighted by molar-refractivity contribution is 5.21. The van der Waals surface area contributed by atoms with Crippen LogP contribution in [0.4, 0.5) is 5.82 Å². The molecule has 0 unspecified atom stereocenters. The van der Waals surface area contributed by atoms with Crippen molar-refractivity contribution in [2.45, 2.75) is 13.5 Å². The zero-order valence-corrected chi connectivity index (χ0v) is 9.83. The summed E-state index contributed by atoms with van der Waals surface area (Å²) in [7, 11) is 0. The van der Waals surface area contributed by atoms with Crippen molar-refractivity contribution in [3.8, 4) is 0 Å². The van der Waals surface area contributed by atoms with Gasteiger partial charge in [-0.1, -0.05) is 5.10 Å². The molecule has 0 saturated carbocycles. The molecule has 0 amide bonds. The second-order valence-corrected chi connectivity index (χ2v) is 4.08. The van der Waals surface area contributed by atoms with Gasteiger partial charge < -0.3 is 14.9 Å². The Morgan fingerprint density at radius 1 is 1.47 bits per heavy atom. The van der Waals surface area contributed by atoms with E-state index in [0.29, 0.717) is 12.2 Å². The van der Waals surface area contributed by atoms with E-state index in [1.165, 1.54) is 10.7 Å². The van der Waals surface area contributed by atoms with Crippen molar-refractivity contribution in [1.82, 2.24) is 14.7 Å². The van der Waals surface area contributed by atoms with Crippen LogP contribution in [-0.2, 0) is 11.3 Å². The molecule has 0 atom stereocenters. The fraction of sp³-hybridized carbons (Fsp3) is 0.700. The predicted molar refractivity (Wildman–Crippen MR) is 60.9 cm³/mol. The number of rotatable bonds is 4. The van der Waals surface area contributed by atoms with E-state index < -0.39 is 0 Å². The summed E-state index contributed by atoms with van der Waals surface area (Å²) in [6.07, 6.45) is 0. The van der Waals surface area contributed by atoms with Crippen LogP contribution < -0.4 is 0 Å². The molecule has 1 aliphatic rings. The van der Waals surface area contributed by atoms with Crippen molar-refractivity contribution in [3.63, 3.8) is 0 Å². The molecule has 1 aromatic rings. The van der Waals surface area contributed by atoms with Crippen molar-refractivity contribution in [3.05, 3.63) is 21.9 Å². The molecule has 7 heteroatoms. The highest BCUT2D eigenvalue weighted by Gasteiger charge is 2.18. The molecule has 0 radical (unpaired) electrons. The molecule has 94 valence electrons. The fourth-order valence-corrected chi connectivity index (χ4v) is 1.90. The van der Waals surface area contributed by atoms with Gasteiger partial charge in [-0.3, -0.25) is 4.90 Å². The number of hydrogen-bond acceptors (Lipinski definition) is 5. The second kappa shape index (κ2) is 5.24. The SMILES string of the molecule is Cc1cc([N+](=O)[O-])n(CCN2CCOCC2)n1. The maximum absolute atomic E-state index is 10.8. The van der Waals surface area contributed by atoms with Gasteiger partial charge in [-0.15, -0.1) is 4.68 Å². The van der Waals surface area contributed by atoms with E-state index in [-0.39, 0.29) is 10.7 Å². The lowest BCUT2D eigenvalue weighted by Gasteiger charge is -2.25. The van der Waals surface area contributed by atoms with E-state index >= 15 is 0 Å². The smallest absolute Gasteiger partial charge is 0.345 e. The molecule has 1 aromatic heterocycles. The van der Waals surface area contributed by atoms with Crippen LogP contribution in [0, 0.1) is 17.0 Å². The summed E-state index contributed by atoms with van der Waals surface area (Å²) in [5.41, 5.74) is 0.679. The molecule has 1 fully saturated rings. The number of aryl methyl sites for hydroxylation is 1. The molecule has 7 nitrogen and oxygen atoms in total. The Labute approximate surface area is 99.1 Å². The van der Waals surface area contributed by atoms with Crippen LogP contribution in [-0.4, -0.2) is 52.5 Å². The van der Waals surface area contributed by atoms with Gasteiger partial charge in [0.05, 0.1) is 25.0 Å². The van der Waals surface area contributed by atoms with Gasteiger partial charge in [0, 0.05) is 19.6 Å². The Morgan fingerprint density at radius 3 is 2.82 bits per heavy atom. The van der Waals surface area contributed by atoms with Crippen LogP contribution in [0.1, 0.15) is 5.69 Å². The molecule has 2 rings (SSSR count). The lowest BCUT2D eigenvalue weighted by molar-refractivity contribution is -0.392. The number of nitro groups is 1. The maximum atomic E-state index is 10.8. The highest BCUT2D eigenvalue weighted by Crippen LogP contribution is 2.12. The molecule has 17 heavy (non-hydrogen) atoms. The third kappa shape index (κ3) is 3.01. The van der Waals surface area contributed by atoms with Crippen molar-refractivity contribution < 1.29 is 9.66 Å². The Kier molecular flexibility index (Phi) is 3.70. The van der Waals surface area contributed by atoms with E-state index in [2.05, 4.69) is 10.00 Å². The first kappa shape index (κ1) is 12.0. The molecule has 1 saturated heterocycles. The Hall–Kier alpha value is -1.47. The maximum Gasteiger partial charge on any atom is 0.345 e. The average molecular weight is 240 g/mol. The fourth-order valence-electron chi connectivity index (χ4n) is 1.90. The van der Waals surface area contributed by atoms with Crippen LogP contribution in [0.3, 0.4) is 0 Å². The molecule has 0 spiro atoms. The highest BCUT2D eigenvalue weighted by atomic mass is 16.6. The van der Waals surface area contributed by atoms with E-state index in [0.717, 1.165) is 32.8 Å². The van der Waals surface area contributed by atoms with Gasteiger partial charge in [0.1, 0.15) is 6.54 Å². The van der Waals surface area contributed by atoms with E-state index in [4.69, 9.17) is 4.74 Å². The summed E-state index contributed by atoms with van der Waals surface area (Å²) >= 11 is 0. The standard InChI is InChI=1S/C10H16N4O3/c1-9-8-10(14(15)16)13(11-9)3-2-12-4-6-17-7-5-12/h8H,2-7H2,1H3. The van der Waals surface area contributed by atoms with E-state index in [1.807, 2.05) is 0 Å². The Morgan fingerprint density at radius 2 is 2.18 bits per heavy atom. The lowest BCUT2D eigenvalue weighted by atomic mass is 10.4. The summed E-state index contributed by atoms with van der Waals surface area (Å²) in [4.78, 5) is 12.6. The van der Waals surface area contributed by atoms with Gasteiger partial charge in [0.2, 0.25) is 0 Å². The summed E-state index contributed by atoms with van der Waals surface area (Å²) in [5.74, 6) is 0.0655. The van der Waals surface area contributed by atoms with Crippen LogP contribution in [0.15, 0.2) is 6.07 Å². The number of morpholine rings is 1. The predicted octanol–water partition coefficient (Wildman–Crippen LogP) is 0.432. The number of aromatic nitrogens is 2. The van der Waals surface area contributed by atoms with E-state index in [9.17, 15) is 10.1 Å². The largest absolute Gasteiger partial charge is 0.379 e. The van der Waals surface area contributed by atoms with Gasteiger partial charge in [-0.05, 0) is 11.8 Å². The van der Waals surface area contributed by atoms with Crippen molar-refractivity contribution in [2.24, 2.45) is 0 Å². The van der Waals surface area contributed by atoms with Crippen molar-refractivity contribution >= 4 is 5.82 Å². The number of ether oxygens (including phenoxy) is 1. The first-order valence-electron chi connectivity index (χ1n) is 5.66. The zero-order valence-electron chi connectivity index (χ0n) is 9.83. The van der Waals surface area contributed by atoms with Crippen molar-refractivity contribution in [2.75, 3.05) is 32.8 Å². The second-order valence-electron chi connectivity index (χ2n) is 4.08. The quantitative estimate of drug-likeness (QED) is 0.563. The van der Waals surface area contributed by atoms with Gasteiger partial charge in [-0.25, -0.2) is 0 Å². The van der Waals surface area contributed by atoms with Crippen LogP contribution in [0.2, 0.25) is 0 Å². The minimum Gasteiger partial charge on any atom is -0.379 e. The molecule has 0 aliphatic carbocycles. The first-order chi connectivity index (χ1) is 8.16. The summed E-state index contributed by atoms with van der Waals surface area (Å²) < 4.78 is 6.71. The van der Waals surface area contributed by atoms with Gasteiger partial charge in [-0.2, -0.15) is 0 Å². The van der Waals surface area contributed by atoms with Crippen LogP contribution >= 0.6 is 0 Å². The Balaban J connectivity index is 1.95. The third-order valence-corrected chi connectivity index (χ3v) is 2.80. The summed E-state index contributed by atoms with van der Waals surface area (Å²) in [6.45, 7) is 6.32. The zero-order chi connectivity index (χ0) is 12.3. The summed E-state index contributed by atoms with van der Waals surface area (Å²) in [5, 5.41) is 14.9. The molecule has 1 aliphatic heterocycles. The number of nitrogens with zero attached hydrogens (tertiary/aromatic N) is 4. The molecule has 2 heterocycles. The monoisotopic (exact) mass is 240 g/mol. The minimum absolute atomic E-state index is 0.0655. The van der Waals surface area contributed by atoms with Gasteiger partial charge in [0.15, 0.2) is 0 Å². The van der Waals surface area contributed by atoms with Gasteiger partial charge >= 0.3 is 5.82 Å². The topological polar surface area (TPSA) is 73.4 Å².